The average Bonchev–Trinajstić information content (AvgIpc) is 3.31. The van der Waals surface area contributed by atoms with Crippen molar-refractivity contribution in [2.45, 2.75) is 0 Å². The number of nitrogens with zero attached hydrogens (tertiary/aromatic N) is 7. The molecule has 7 heteroatoms. The normalized spacial score (nSPS) is 11.1. The van der Waals surface area contributed by atoms with E-state index in [0.717, 1.165) is 82.6 Å². The highest BCUT2D eigenvalue weighted by molar-refractivity contribution is 6.22. The van der Waals surface area contributed by atoms with Crippen molar-refractivity contribution in [2.75, 3.05) is 0 Å². The number of benzene rings is 7. The van der Waals surface area contributed by atoms with Crippen molar-refractivity contribution < 1.29 is 0 Å². The molecule has 0 atom stereocenters. The standard InChI is InChI=1S/C51H29N7/c52-30-32-24-33(31-53)26-40(25-32)34-18-20-35(21-19-34)43-28-45-42-17-9-23-55-48(42)44(29-46(45)41-16-8-22-54-47(41)43)38-14-7-15-39(27-38)51-57-49(36-10-3-1-4-11-36)56-50(58-51)37-12-5-2-6-13-37/h1-29H. The molecule has 0 amide bonds. The molecule has 0 spiro atoms. The Balaban J connectivity index is 1.12. The Kier molecular flexibility index (Phi) is 8.45. The van der Waals surface area contributed by atoms with Gasteiger partial charge in [0.15, 0.2) is 17.5 Å². The lowest BCUT2D eigenvalue weighted by Gasteiger charge is -2.15. The van der Waals surface area contributed by atoms with Gasteiger partial charge < -0.3 is 0 Å². The van der Waals surface area contributed by atoms with Gasteiger partial charge in [0.05, 0.1) is 34.3 Å². The number of hydrogen-bond acceptors (Lipinski definition) is 7. The first kappa shape index (κ1) is 34.1. The van der Waals surface area contributed by atoms with Gasteiger partial charge in [-0.2, -0.15) is 10.5 Å². The van der Waals surface area contributed by atoms with Crippen LogP contribution in [-0.4, -0.2) is 24.9 Å². The molecular weight excluding hydrogens is 711 g/mol. The van der Waals surface area contributed by atoms with Crippen LogP contribution in [0.2, 0.25) is 0 Å². The molecule has 0 saturated carbocycles. The van der Waals surface area contributed by atoms with Crippen molar-refractivity contribution in [2.24, 2.45) is 0 Å². The second-order valence-corrected chi connectivity index (χ2v) is 14.0. The van der Waals surface area contributed by atoms with Gasteiger partial charge in [-0.05, 0) is 81.6 Å². The highest BCUT2D eigenvalue weighted by Crippen LogP contribution is 2.41. The fourth-order valence-electron chi connectivity index (χ4n) is 7.67. The molecule has 10 rings (SSSR count). The van der Waals surface area contributed by atoms with E-state index in [0.29, 0.717) is 28.6 Å². The van der Waals surface area contributed by atoms with E-state index < -0.39 is 0 Å². The molecule has 10 aromatic rings. The summed E-state index contributed by atoms with van der Waals surface area (Å²) >= 11 is 0. The molecule has 0 aliphatic rings. The van der Waals surface area contributed by atoms with Crippen molar-refractivity contribution in [3.8, 4) is 79.7 Å². The van der Waals surface area contributed by atoms with E-state index in [9.17, 15) is 10.5 Å². The fourth-order valence-corrected chi connectivity index (χ4v) is 7.67. The van der Waals surface area contributed by atoms with Crippen molar-refractivity contribution in [1.29, 1.82) is 10.5 Å². The van der Waals surface area contributed by atoms with E-state index in [1.54, 1.807) is 6.07 Å². The second-order valence-electron chi connectivity index (χ2n) is 14.0. The molecule has 7 aromatic carbocycles. The largest absolute Gasteiger partial charge is 0.256 e. The minimum Gasteiger partial charge on any atom is -0.256 e. The summed E-state index contributed by atoms with van der Waals surface area (Å²) in [4.78, 5) is 24.8. The lowest BCUT2D eigenvalue weighted by molar-refractivity contribution is 1.07. The third kappa shape index (κ3) is 6.16. The molecule has 0 bridgehead atoms. The van der Waals surface area contributed by atoms with Gasteiger partial charge in [0.1, 0.15) is 0 Å². The van der Waals surface area contributed by atoms with Crippen LogP contribution in [0, 0.1) is 22.7 Å². The maximum absolute atomic E-state index is 9.54. The van der Waals surface area contributed by atoms with E-state index in [-0.39, 0.29) is 0 Å². The summed E-state index contributed by atoms with van der Waals surface area (Å²) in [6.45, 7) is 0. The highest BCUT2D eigenvalue weighted by Gasteiger charge is 2.18. The lowest BCUT2D eigenvalue weighted by atomic mass is 9.90. The Morgan fingerprint density at radius 3 is 1.33 bits per heavy atom. The summed E-state index contributed by atoms with van der Waals surface area (Å²) in [7, 11) is 0. The Bertz CT molecular complexity index is 3200. The topological polar surface area (TPSA) is 112 Å². The quantitative estimate of drug-likeness (QED) is 0.156. The molecule has 0 unspecified atom stereocenters. The van der Waals surface area contributed by atoms with Crippen LogP contribution in [0.1, 0.15) is 11.1 Å². The van der Waals surface area contributed by atoms with E-state index in [1.165, 1.54) is 0 Å². The third-order valence-corrected chi connectivity index (χ3v) is 10.4. The van der Waals surface area contributed by atoms with Crippen molar-refractivity contribution in [3.63, 3.8) is 0 Å². The number of fused-ring (bicyclic) bond motifs is 5. The van der Waals surface area contributed by atoms with Crippen LogP contribution in [0.5, 0.6) is 0 Å². The summed E-state index contributed by atoms with van der Waals surface area (Å²) in [5, 5.41) is 23.3. The summed E-state index contributed by atoms with van der Waals surface area (Å²) in [6, 6.07) is 58.7. The molecule has 0 N–H and O–H groups in total. The maximum atomic E-state index is 9.54. The summed E-state index contributed by atoms with van der Waals surface area (Å²) < 4.78 is 0. The first-order valence-corrected chi connectivity index (χ1v) is 18.8. The number of hydrogen-bond donors (Lipinski definition) is 0. The van der Waals surface area contributed by atoms with Crippen molar-refractivity contribution >= 4 is 32.6 Å². The average molecular weight is 740 g/mol. The van der Waals surface area contributed by atoms with E-state index >= 15 is 0 Å². The minimum absolute atomic E-state index is 0.453. The molecule has 0 fully saturated rings. The van der Waals surface area contributed by atoms with Crippen LogP contribution in [0.3, 0.4) is 0 Å². The SMILES string of the molecule is N#Cc1cc(C#N)cc(-c2ccc(-c3cc4c5cccnc5c(-c5cccc(-c6nc(-c7ccccc7)nc(-c7ccccc7)n6)c5)cc4c4cccnc34)cc2)c1. The predicted molar refractivity (Wildman–Crippen MR) is 230 cm³/mol. The molecule has 0 radical (unpaired) electrons. The molecular formula is C51H29N7. The van der Waals surface area contributed by atoms with Gasteiger partial charge in [-0.15, -0.1) is 0 Å². The van der Waals surface area contributed by atoms with Crippen LogP contribution >= 0.6 is 0 Å². The lowest BCUT2D eigenvalue weighted by Crippen LogP contribution is -2.00. The molecule has 0 aliphatic carbocycles. The van der Waals surface area contributed by atoms with Crippen molar-refractivity contribution in [1.82, 2.24) is 24.9 Å². The van der Waals surface area contributed by atoms with Gasteiger partial charge in [-0.3, -0.25) is 9.97 Å². The molecule has 7 nitrogen and oxygen atoms in total. The van der Waals surface area contributed by atoms with Crippen LogP contribution in [0.25, 0.3) is 100 Å². The molecule has 0 aliphatic heterocycles. The van der Waals surface area contributed by atoms with Gasteiger partial charge in [0.25, 0.3) is 0 Å². The van der Waals surface area contributed by atoms with Crippen molar-refractivity contribution in [3.05, 3.63) is 187 Å². The van der Waals surface area contributed by atoms with Gasteiger partial charge in [0.2, 0.25) is 0 Å². The summed E-state index contributed by atoms with van der Waals surface area (Å²) in [5.41, 5.74) is 11.1. The first-order valence-electron chi connectivity index (χ1n) is 18.8. The van der Waals surface area contributed by atoms with Crippen LogP contribution in [0.4, 0.5) is 0 Å². The Morgan fingerprint density at radius 1 is 0.328 bits per heavy atom. The molecule has 0 saturated heterocycles. The molecule has 58 heavy (non-hydrogen) atoms. The van der Waals surface area contributed by atoms with E-state index in [4.69, 9.17) is 24.9 Å². The zero-order valence-electron chi connectivity index (χ0n) is 30.9. The number of nitriles is 2. The van der Waals surface area contributed by atoms with Gasteiger partial charge in [-0.25, -0.2) is 15.0 Å². The monoisotopic (exact) mass is 739 g/mol. The number of pyridine rings is 2. The molecule has 268 valence electrons. The Labute approximate surface area is 333 Å². The number of rotatable bonds is 6. The molecule has 3 aromatic heterocycles. The zero-order chi connectivity index (χ0) is 39.0. The Hall–Kier alpha value is -8.39. The molecule has 3 heterocycles. The van der Waals surface area contributed by atoms with Gasteiger partial charge >= 0.3 is 0 Å². The van der Waals surface area contributed by atoms with Gasteiger partial charge in [-0.1, -0.05) is 115 Å². The predicted octanol–water partition coefficient (Wildman–Crippen LogP) is 11.9. The van der Waals surface area contributed by atoms with Crippen LogP contribution in [-0.2, 0) is 0 Å². The Morgan fingerprint density at radius 2 is 0.793 bits per heavy atom. The second kappa shape index (κ2) is 14.4. The van der Waals surface area contributed by atoms with Gasteiger partial charge in [0, 0.05) is 51.0 Å². The summed E-state index contributed by atoms with van der Waals surface area (Å²) in [5.74, 6) is 1.80. The fraction of sp³-hybridized carbons (Fsp3) is 0. The van der Waals surface area contributed by atoms with Crippen LogP contribution < -0.4 is 0 Å². The third-order valence-electron chi connectivity index (χ3n) is 10.4. The number of aromatic nitrogens is 5. The zero-order valence-corrected chi connectivity index (χ0v) is 30.9. The van der Waals surface area contributed by atoms with E-state index in [2.05, 4.69) is 60.7 Å². The van der Waals surface area contributed by atoms with E-state index in [1.807, 2.05) is 122 Å². The summed E-state index contributed by atoms with van der Waals surface area (Å²) in [6.07, 6.45) is 3.67. The highest BCUT2D eigenvalue weighted by atomic mass is 15.0. The minimum atomic E-state index is 0.453. The maximum Gasteiger partial charge on any atom is 0.164 e. The first-order chi connectivity index (χ1) is 28.6. The van der Waals surface area contributed by atoms with Crippen LogP contribution in [0.15, 0.2) is 176 Å². The smallest absolute Gasteiger partial charge is 0.164 e.